The Morgan fingerprint density at radius 1 is 1.30 bits per heavy atom. The summed E-state index contributed by atoms with van der Waals surface area (Å²) < 4.78 is 29.7. The Kier molecular flexibility index (Phi) is 5.34. The minimum Gasteiger partial charge on any atom is -0.329 e. The van der Waals surface area contributed by atoms with Gasteiger partial charge in [0.2, 0.25) is 10.0 Å². The van der Waals surface area contributed by atoms with Gasteiger partial charge >= 0.3 is 0 Å². The highest BCUT2D eigenvalue weighted by Gasteiger charge is 2.31. The summed E-state index contributed by atoms with van der Waals surface area (Å²) in [5.41, 5.74) is 6.23. The van der Waals surface area contributed by atoms with Crippen molar-refractivity contribution in [1.82, 2.24) is 14.5 Å². The molecule has 7 heteroatoms. The molecule has 0 saturated heterocycles. The summed E-state index contributed by atoms with van der Waals surface area (Å²) in [6.45, 7) is 10.3. The van der Waals surface area contributed by atoms with Crippen molar-refractivity contribution in [2.75, 3.05) is 6.54 Å². The van der Waals surface area contributed by atoms with Crippen molar-refractivity contribution in [2.24, 2.45) is 5.73 Å². The molecule has 1 rings (SSSR count). The first kappa shape index (κ1) is 17.1. The van der Waals surface area contributed by atoms with Crippen LogP contribution in [0.2, 0.25) is 0 Å². The van der Waals surface area contributed by atoms with Crippen LogP contribution in [-0.2, 0) is 16.6 Å². The van der Waals surface area contributed by atoms with Crippen molar-refractivity contribution < 1.29 is 8.42 Å². The fourth-order valence-electron chi connectivity index (χ4n) is 2.18. The molecule has 0 spiro atoms. The first-order valence-corrected chi connectivity index (χ1v) is 8.47. The Morgan fingerprint density at radius 3 is 2.30 bits per heavy atom. The summed E-state index contributed by atoms with van der Waals surface area (Å²) in [4.78, 5) is 0.277. The molecule has 0 saturated carbocycles. The van der Waals surface area contributed by atoms with Crippen LogP contribution >= 0.6 is 0 Å². The van der Waals surface area contributed by atoms with Gasteiger partial charge in [-0.15, -0.1) is 0 Å². The predicted octanol–water partition coefficient (Wildman–Crippen LogP) is 1.32. The maximum absolute atomic E-state index is 12.6. The average Bonchev–Trinajstić information content (AvgIpc) is 2.65. The molecule has 116 valence electrons. The quantitative estimate of drug-likeness (QED) is 0.794. The van der Waals surface area contributed by atoms with Crippen LogP contribution in [0.5, 0.6) is 0 Å². The molecular weight excluding hydrogens is 276 g/mol. The van der Waals surface area contributed by atoms with Gasteiger partial charge in [0.15, 0.2) is 0 Å². The summed E-state index contributed by atoms with van der Waals surface area (Å²) in [6.07, 6.45) is 1.47. The second-order valence-electron chi connectivity index (χ2n) is 5.39. The van der Waals surface area contributed by atoms with E-state index in [1.54, 1.807) is 18.5 Å². The van der Waals surface area contributed by atoms with Gasteiger partial charge in [0, 0.05) is 12.1 Å². The molecule has 0 atom stereocenters. The highest BCUT2D eigenvalue weighted by Crippen LogP contribution is 2.23. The normalized spacial score (nSPS) is 12.9. The molecule has 0 aliphatic heterocycles. The fraction of sp³-hybridized carbons (Fsp3) is 0.769. The van der Waals surface area contributed by atoms with Gasteiger partial charge in [-0.2, -0.15) is 5.10 Å². The van der Waals surface area contributed by atoms with E-state index in [0.29, 0.717) is 24.5 Å². The monoisotopic (exact) mass is 302 g/mol. The minimum atomic E-state index is -3.58. The lowest BCUT2D eigenvalue weighted by Gasteiger charge is -2.27. The van der Waals surface area contributed by atoms with E-state index < -0.39 is 15.6 Å². The van der Waals surface area contributed by atoms with Gasteiger partial charge in [-0.05, 0) is 33.6 Å². The molecule has 0 fully saturated rings. The van der Waals surface area contributed by atoms with Crippen LogP contribution in [0, 0.1) is 13.8 Å². The van der Waals surface area contributed by atoms with Crippen LogP contribution in [0.1, 0.15) is 45.0 Å². The number of sulfonamides is 1. The fourth-order valence-corrected chi connectivity index (χ4v) is 4.14. The SMILES string of the molecule is CCC(C)(CC)NS(=O)(=O)c1c(C)nn(CCN)c1C. The maximum atomic E-state index is 12.6. The predicted molar refractivity (Wildman–Crippen MR) is 80.1 cm³/mol. The van der Waals surface area contributed by atoms with E-state index in [-0.39, 0.29) is 4.90 Å². The van der Waals surface area contributed by atoms with Crippen molar-refractivity contribution in [3.05, 3.63) is 11.4 Å². The molecule has 3 N–H and O–H groups in total. The van der Waals surface area contributed by atoms with E-state index in [1.165, 1.54) is 0 Å². The second-order valence-corrected chi connectivity index (χ2v) is 7.00. The molecule has 1 heterocycles. The van der Waals surface area contributed by atoms with Crippen LogP contribution in [0.15, 0.2) is 4.90 Å². The number of nitrogens with one attached hydrogen (secondary N) is 1. The molecule has 6 nitrogen and oxygen atoms in total. The maximum Gasteiger partial charge on any atom is 0.244 e. The summed E-state index contributed by atoms with van der Waals surface area (Å²) in [7, 11) is -3.58. The van der Waals surface area contributed by atoms with Crippen molar-refractivity contribution in [1.29, 1.82) is 0 Å². The number of nitrogens with zero attached hydrogens (tertiary/aromatic N) is 2. The molecular formula is C13H26N4O2S. The first-order valence-electron chi connectivity index (χ1n) is 6.98. The molecule has 0 unspecified atom stereocenters. The summed E-state index contributed by atoms with van der Waals surface area (Å²) in [6, 6.07) is 0. The van der Waals surface area contributed by atoms with Crippen molar-refractivity contribution >= 4 is 10.0 Å². The van der Waals surface area contributed by atoms with Crippen LogP contribution < -0.4 is 10.5 Å². The third-order valence-electron chi connectivity index (χ3n) is 3.87. The molecule has 0 aliphatic rings. The van der Waals surface area contributed by atoms with E-state index in [0.717, 1.165) is 12.8 Å². The number of aryl methyl sites for hydroxylation is 1. The minimum absolute atomic E-state index is 0.277. The third kappa shape index (κ3) is 3.39. The highest BCUT2D eigenvalue weighted by molar-refractivity contribution is 7.89. The van der Waals surface area contributed by atoms with Crippen LogP contribution in [-0.4, -0.2) is 30.3 Å². The third-order valence-corrected chi connectivity index (χ3v) is 5.76. The molecule has 1 aromatic heterocycles. The van der Waals surface area contributed by atoms with Gasteiger partial charge < -0.3 is 5.73 Å². The number of aromatic nitrogens is 2. The zero-order chi connectivity index (χ0) is 15.6. The molecule has 0 radical (unpaired) electrons. The van der Waals surface area contributed by atoms with Gasteiger partial charge in [0.1, 0.15) is 4.90 Å². The largest absolute Gasteiger partial charge is 0.329 e. The summed E-state index contributed by atoms with van der Waals surface area (Å²) in [5.74, 6) is 0. The topological polar surface area (TPSA) is 90.0 Å². The Labute approximate surface area is 121 Å². The van der Waals surface area contributed by atoms with E-state index >= 15 is 0 Å². The molecule has 0 bridgehead atoms. The van der Waals surface area contributed by atoms with Crippen LogP contribution in [0.25, 0.3) is 0 Å². The standard InChI is InChI=1S/C13H26N4O2S/c1-6-13(5,7-2)16-20(18,19)12-10(3)15-17(9-8-14)11(12)4/h16H,6-9,14H2,1-5H3. The number of rotatable bonds is 7. The highest BCUT2D eigenvalue weighted by atomic mass is 32.2. The molecule has 20 heavy (non-hydrogen) atoms. The van der Waals surface area contributed by atoms with Crippen LogP contribution in [0.3, 0.4) is 0 Å². The van der Waals surface area contributed by atoms with E-state index in [2.05, 4.69) is 9.82 Å². The number of hydrogen-bond acceptors (Lipinski definition) is 4. The van der Waals surface area contributed by atoms with Gasteiger partial charge in [-0.25, -0.2) is 13.1 Å². The van der Waals surface area contributed by atoms with Crippen molar-refractivity contribution in [3.63, 3.8) is 0 Å². The summed E-state index contributed by atoms with van der Waals surface area (Å²) >= 11 is 0. The second kappa shape index (κ2) is 6.24. The van der Waals surface area contributed by atoms with Crippen LogP contribution in [0.4, 0.5) is 0 Å². The Hall–Kier alpha value is -0.920. The van der Waals surface area contributed by atoms with Gasteiger partial charge in [0.25, 0.3) is 0 Å². The lowest BCUT2D eigenvalue weighted by atomic mass is 9.98. The lowest BCUT2D eigenvalue weighted by Crippen LogP contribution is -2.45. The Balaban J connectivity index is 3.23. The zero-order valence-electron chi connectivity index (χ0n) is 13.0. The van der Waals surface area contributed by atoms with E-state index in [4.69, 9.17) is 5.73 Å². The van der Waals surface area contributed by atoms with E-state index in [9.17, 15) is 8.42 Å². The van der Waals surface area contributed by atoms with Gasteiger partial charge in [-0.1, -0.05) is 13.8 Å². The summed E-state index contributed by atoms with van der Waals surface area (Å²) in [5, 5.41) is 4.27. The number of nitrogens with two attached hydrogens (primary N) is 1. The zero-order valence-corrected chi connectivity index (χ0v) is 13.8. The molecule has 1 aromatic rings. The molecule has 0 aliphatic carbocycles. The van der Waals surface area contributed by atoms with E-state index in [1.807, 2.05) is 20.8 Å². The van der Waals surface area contributed by atoms with Crippen molar-refractivity contribution in [3.8, 4) is 0 Å². The molecule has 0 amide bonds. The molecule has 0 aromatic carbocycles. The smallest absolute Gasteiger partial charge is 0.244 e. The van der Waals surface area contributed by atoms with Gasteiger partial charge in [0.05, 0.1) is 17.9 Å². The average molecular weight is 302 g/mol. The first-order chi connectivity index (χ1) is 9.20. The number of hydrogen-bond donors (Lipinski definition) is 2. The Morgan fingerprint density at radius 2 is 1.85 bits per heavy atom. The lowest BCUT2D eigenvalue weighted by molar-refractivity contribution is 0.388. The van der Waals surface area contributed by atoms with Gasteiger partial charge in [-0.3, -0.25) is 4.68 Å². The van der Waals surface area contributed by atoms with Crippen molar-refractivity contribution in [2.45, 2.75) is 64.4 Å². The Bertz CT molecular complexity index is 559.